The third-order valence-electron chi connectivity index (χ3n) is 3.86. The maximum atomic E-state index is 5.65. The third kappa shape index (κ3) is 1.88. The van der Waals surface area contributed by atoms with Gasteiger partial charge in [0.15, 0.2) is 0 Å². The molecule has 1 aromatic rings. The first kappa shape index (κ1) is 11.8. The van der Waals surface area contributed by atoms with E-state index < -0.39 is 0 Å². The topological polar surface area (TPSA) is 37.9 Å². The highest BCUT2D eigenvalue weighted by atomic mass is 79.9. The van der Waals surface area contributed by atoms with Gasteiger partial charge in [-0.2, -0.15) is 0 Å². The molecule has 17 heavy (non-hydrogen) atoms. The Hall–Kier alpha value is -0.260. The molecule has 0 spiro atoms. The number of halogens is 1. The summed E-state index contributed by atoms with van der Waals surface area (Å²) in [6, 6.07) is 0. The lowest BCUT2D eigenvalue weighted by atomic mass is 9.79. The summed E-state index contributed by atoms with van der Waals surface area (Å²) < 4.78 is 7.27. The highest BCUT2D eigenvalue weighted by Gasteiger charge is 2.42. The molecule has 0 saturated heterocycles. The minimum atomic E-state index is -0.210. The van der Waals surface area contributed by atoms with Crippen molar-refractivity contribution in [2.24, 2.45) is 0 Å². The fourth-order valence-corrected chi connectivity index (χ4v) is 3.09. The molecule has 1 heterocycles. The van der Waals surface area contributed by atoms with Crippen LogP contribution in [0.3, 0.4) is 0 Å². The highest BCUT2D eigenvalue weighted by molar-refractivity contribution is 9.10. The lowest BCUT2D eigenvalue weighted by molar-refractivity contribution is -0.0849. The summed E-state index contributed by atoms with van der Waals surface area (Å²) in [6.45, 7) is 0. The quantitative estimate of drug-likeness (QED) is 0.862. The van der Waals surface area contributed by atoms with Gasteiger partial charge in [0, 0.05) is 18.7 Å². The van der Waals surface area contributed by atoms with Crippen LogP contribution in [0, 0.1) is 4.64 Å². The first-order valence-electron chi connectivity index (χ1n) is 6.01. The molecule has 0 bridgehead atoms. The van der Waals surface area contributed by atoms with E-state index in [-0.39, 0.29) is 5.60 Å². The average Bonchev–Trinajstić information content (AvgIpc) is 3.06. The summed E-state index contributed by atoms with van der Waals surface area (Å²) in [7, 11) is 1.76. The van der Waals surface area contributed by atoms with Crippen LogP contribution in [0.5, 0.6) is 0 Å². The normalized spacial score (nSPS) is 22.2. The average molecular weight is 315 g/mol. The van der Waals surface area contributed by atoms with Crippen molar-refractivity contribution in [1.29, 1.82) is 0 Å². The Balaban J connectivity index is 2.08. The molecule has 1 N–H and O–H groups in total. The zero-order valence-corrected chi connectivity index (χ0v) is 12.2. The van der Waals surface area contributed by atoms with Crippen molar-refractivity contribution in [2.75, 3.05) is 7.11 Å². The lowest BCUT2D eigenvalue weighted by Crippen LogP contribution is -2.38. The molecule has 0 atom stereocenters. The maximum absolute atomic E-state index is 5.65. The SMILES string of the molecule is COC1(c2nc(=S)c(Br)c(C3CC3)[nH]2)CCC1. The summed E-state index contributed by atoms with van der Waals surface area (Å²) in [5.41, 5.74) is 1.00. The molecule has 0 amide bonds. The summed E-state index contributed by atoms with van der Waals surface area (Å²) in [6.07, 6.45) is 5.76. The Morgan fingerprint density at radius 2 is 2.18 bits per heavy atom. The molecule has 2 saturated carbocycles. The number of aromatic nitrogens is 2. The van der Waals surface area contributed by atoms with Crippen LogP contribution in [0.15, 0.2) is 4.47 Å². The number of hydrogen-bond acceptors (Lipinski definition) is 3. The van der Waals surface area contributed by atoms with Gasteiger partial charge in [0.2, 0.25) is 0 Å². The van der Waals surface area contributed by atoms with E-state index in [0.29, 0.717) is 10.6 Å². The van der Waals surface area contributed by atoms with Crippen LogP contribution >= 0.6 is 28.1 Å². The second-order valence-corrected chi connectivity index (χ2v) is 6.12. The molecule has 0 unspecified atom stereocenters. The number of aromatic amines is 1. The minimum Gasteiger partial charge on any atom is -0.370 e. The number of rotatable bonds is 3. The van der Waals surface area contributed by atoms with Crippen molar-refractivity contribution in [1.82, 2.24) is 9.97 Å². The zero-order chi connectivity index (χ0) is 12.0. The van der Waals surface area contributed by atoms with Crippen molar-refractivity contribution in [3.05, 3.63) is 20.6 Å². The Bertz CT molecular complexity index is 500. The van der Waals surface area contributed by atoms with Crippen LogP contribution in [-0.4, -0.2) is 17.1 Å². The van der Waals surface area contributed by atoms with Crippen molar-refractivity contribution in [3.63, 3.8) is 0 Å². The van der Waals surface area contributed by atoms with E-state index in [1.54, 1.807) is 7.11 Å². The Kier molecular flexibility index (Phi) is 2.88. The van der Waals surface area contributed by atoms with Crippen LogP contribution in [0.4, 0.5) is 0 Å². The fraction of sp³-hybridized carbons (Fsp3) is 0.667. The van der Waals surface area contributed by atoms with Crippen LogP contribution in [0.1, 0.15) is 49.5 Å². The van der Waals surface area contributed by atoms with Gasteiger partial charge in [0.05, 0.1) is 4.47 Å². The predicted molar refractivity (Wildman–Crippen MR) is 71.6 cm³/mol. The second-order valence-electron chi connectivity index (χ2n) is 4.94. The van der Waals surface area contributed by atoms with Crippen molar-refractivity contribution < 1.29 is 4.74 Å². The molecule has 1 aromatic heterocycles. The first-order valence-corrected chi connectivity index (χ1v) is 7.22. The van der Waals surface area contributed by atoms with Crippen LogP contribution in [0.2, 0.25) is 0 Å². The molecule has 3 nitrogen and oxygen atoms in total. The molecule has 5 heteroatoms. The number of methoxy groups -OCH3 is 1. The Morgan fingerprint density at radius 3 is 2.65 bits per heavy atom. The third-order valence-corrected chi connectivity index (χ3v) is 5.22. The van der Waals surface area contributed by atoms with Crippen LogP contribution < -0.4 is 0 Å². The van der Waals surface area contributed by atoms with Gasteiger partial charge in [-0.15, -0.1) is 0 Å². The van der Waals surface area contributed by atoms with Gasteiger partial charge >= 0.3 is 0 Å². The van der Waals surface area contributed by atoms with Gasteiger partial charge in [0.25, 0.3) is 0 Å². The monoisotopic (exact) mass is 314 g/mol. The van der Waals surface area contributed by atoms with E-state index in [1.807, 2.05) is 0 Å². The standard InChI is InChI=1S/C12H15BrN2OS/c1-16-12(5-2-6-12)11-14-9(7-3-4-7)8(13)10(17)15-11/h7H,2-6H2,1H3,(H,14,15,17). The van der Waals surface area contributed by atoms with E-state index in [9.17, 15) is 0 Å². The Labute approximate surface area is 114 Å². The molecule has 0 radical (unpaired) electrons. The van der Waals surface area contributed by atoms with Gasteiger partial charge < -0.3 is 9.72 Å². The molecular weight excluding hydrogens is 300 g/mol. The zero-order valence-electron chi connectivity index (χ0n) is 9.75. The van der Waals surface area contributed by atoms with Crippen molar-refractivity contribution in [2.45, 2.75) is 43.6 Å². The number of nitrogens with one attached hydrogen (secondary N) is 1. The van der Waals surface area contributed by atoms with E-state index in [2.05, 4.69) is 25.9 Å². The van der Waals surface area contributed by atoms with E-state index in [1.165, 1.54) is 25.0 Å². The molecule has 3 rings (SSSR count). The maximum Gasteiger partial charge on any atom is 0.144 e. The molecule has 2 fully saturated rings. The fourth-order valence-electron chi connectivity index (χ4n) is 2.38. The Morgan fingerprint density at radius 1 is 1.47 bits per heavy atom. The largest absolute Gasteiger partial charge is 0.370 e. The summed E-state index contributed by atoms with van der Waals surface area (Å²) in [4.78, 5) is 7.96. The minimum absolute atomic E-state index is 0.210. The molecule has 2 aliphatic carbocycles. The van der Waals surface area contributed by atoms with Gasteiger partial charge in [-0.1, -0.05) is 12.2 Å². The van der Waals surface area contributed by atoms with Gasteiger partial charge in [-0.05, 0) is 48.0 Å². The molecule has 0 aromatic carbocycles. The van der Waals surface area contributed by atoms with Gasteiger partial charge in [-0.25, -0.2) is 4.98 Å². The lowest BCUT2D eigenvalue weighted by Gasteiger charge is -2.39. The number of H-pyrrole nitrogens is 1. The first-order chi connectivity index (χ1) is 8.16. The van der Waals surface area contributed by atoms with Gasteiger partial charge in [-0.3, -0.25) is 0 Å². The van der Waals surface area contributed by atoms with Gasteiger partial charge in [0.1, 0.15) is 16.1 Å². The summed E-state index contributed by atoms with van der Waals surface area (Å²) in [5.74, 6) is 1.54. The van der Waals surface area contributed by atoms with Crippen LogP contribution in [-0.2, 0) is 10.3 Å². The van der Waals surface area contributed by atoms with E-state index in [4.69, 9.17) is 17.0 Å². The van der Waals surface area contributed by atoms with Crippen molar-refractivity contribution in [3.8, 4) is 0 Å². The van der Waals surface area contributed by atoms with E-state index >= 15 is 0 Å². The van der Waals surface area contributed by atoms with Crippen molar-refractivity contribution >= 4 is 28.1 Å². The number of nitrogens with zero attached hydrogens (tertiary/aromatic N) is 1. The summed E-state index contributed by atoms with van der Waals surface area (Å²) >= 11 is 8.88. The predicted octanol–water partition coefficient (Wildman–Crippen LogP) is 3.80. The second kappa shape index (κ2) is 4.14. The molecular formula is C12H15BrN2OS. The highest BCUT2D eigenvalue weighted by Crippen LogP contribution is 2.46. The molecule has 92 valence electrons. The number of hydrogen-bond donors (Lipinski definition) is 1. The smallest absolute Gasteiger partial charge is 0.144 e. The van der Waals surface area contributed by atoms with E-state index in [0.717, 1.165) is 23.1 Å². The molecule has 0 aliphatic heterocycles. The molecule has 2 aliphatic rings. The summed E-state index contributed by atoms with van der Waals surface area (Å²) in [5, 5.41) is 0. The number of ether oxygens (including phenoxy) is 1. The van der Waals surface area contributed by atoms with Crippen LogP contribution in [0.25, 0.3) is 0 Å².